The zero-order valence-electron chi connectivity index (χ0n) is 18.2. The summed E-state index contributed by atoms with van der Waals surface area (Å²) >= 11 is 0. The molecular formula is C24H27FN4O3. The Labute approximate surface area is 186 Å². The molecule has 8 heteroatoms. The van der Waals surface area contributed by atoms with Crippen molar-refractivity contribution < 1.29 is 18.7 Å². The molecule has 0 spiro atoms. The molecule has 4 rings (SSSR count). The van der Waals surface area contributed by atoms with Crippen LogP contribution in [0.3, 0.4) is 0 Å². The van der Waals surface area contributed by atoms with Crippen molar-refractivity contribution in [1.29, 1.82) is 0 Å². The van der Waals surface area contributed by atoms with E-state index in [0.29, 0.717) is 18.0 Å². The van der Waals surface area contributed by atoms with Crippen LogP contribution in [0, 0.1) is 5.82 Å². The van der Waals surface area contributed by atoms with Crippen molar-refractivity contribution in [2.45, 2.75) is 25.3 Å². The van der Waals surface area contributed by atoms with Gasteiger partial charge in [-0.2, -0.15) is 5.10 Å². The fourth-order valence-corrected chi connectivity index (χ4v) is 4.01. The number of carbonyl (C=O) groups excluding carboxylic acids is 1. The van der Waals surface area contributed by atoms with Gasteiger partial charge in [0.15, 0.2) is 17.3 Å². The van der Waals surface area contributed by atoms with Gasteiger partial charge in [-0.25, -0.2) is 4.39 Å². The molecule has 0 bridgehead atoms. The normalized spacial score (nSPS) is 16.0. The van der Waals surface area contributed by atoms with Gasteiger partial charge in [-0.3, -0.25) is 9.89 Å². The molecule has 7 nitrogen and oxygen atoms in total. The van der Waals surface area contributed by atoms with E-state index in [2.05, 4.69) is 20.4 Å². The number of methoxy groups -OCH3 is 2. The Morgan fingerprint density at radius 2 is 1.94 bits per heavy atom. The van der Waals surface area contributed by atoms with Crippen LogP contribution in [0.1, 0.15) is 18.4 Å². The van der Waals surface area contributed by atoms with E-state index in [0.717, 1.165) is 42.0 Å². The minimum atomic E-state index is -0.267. The minimum absolute atomic E-state index is 0.0295. The molecule has 1 fully saturated rings. The molecular weight excluding hydrogens is 411 g/mol. The molecule has 1 aromatic heterocycles. The van der Waals surface area contributed by atoms with Crippen molar-refractivity contribution in [3.05, 3.63) is 59.9 Å². The Morgan fingerprint density at radius 3 is 2.69 bits per heavy atom. The Kier molecular flexibility index (Phi) is 6.58. The number of nitrogens with zero attached hydrogens (tertiary/aromatic N) is 2. The predicted octanol–water partition coefficient (Wildman–Crippen LogP) is 3.56. The lowest BCUT2D eigenvalue weighted by molar-refractivity contribution is -0.121. The minimum Gasteiger partial charge on any atom is -0.493 e. The van der Waals surface area contributed by atoms with Gasteiger partial charge in [-0.15, -0.1) is 0 Å². The average molecular weight is 439 g/mol. The molecule has 1 aliphatic heterocycles. The lowest BCUT2D eigenvalue weighted by Gasteiger charge is -2.33. The van der Waals surface area contributed by atoms with Crippen LogP contribution in [-0.4, -0.2) is 49.5 Å². The molecule has 1 aliphatic rings. The summed E-state index contributed by atoms with van der Waals surface area (Å²) in [7, 11) is 3.16. The first kappa shape index (κ1) is 21.7. The van der Waals surface area contributed by atoms with E-state index < -0.39 is 0 Å². The molecule has 0 unspecified atom stereocenters. The van der Waals surface area contributed by atoms with Crippen LogP contribution in [0.4, 0.5) is 10.2 Å². The molecule has 1 saturated heterocycles. The van der Waals surface area contributed by atoms with Gasteiger partial charge >= 0.3 is 0 Å². The number of aromatic amines is 1. The van der Waals surface area contributed by atoms with Gasteiger partial charge in [-0.05, 0) is 60.4 Å². The van der Waals surface area contributed by atoms with Gasteiger partial charge in [0.25, 0.3) is 0 Å². The largest absolute Gasteiger partial charge is 0.493 e. The van der Waals surface area contributed by atoms with Crippen LogP contribution < -0.4 is 19.7 Å². The first-order valence-electron chi connectivity index (χ1n) is 10.6. The van der Waals surface area contributed by atoms with E-state index in [1.807, 2.05) is 18.2 Å². The lowest BCUT2D eigenvalue weighted by Crippen LogP contribution is -2.48. The molecule has 1 amide bonds. The number of halogens is 1. The summed E-state index contributed by atoms with van der Waals surface area (Å²) in [6, 6.07) is 13.8. The van der Waals surface area contributed by atoms with Gasteiger partial charge in [-0.1, -0.05) is 6.07 Å². The van der Waals surface area contributed by atoms with E-state index in [-0.39, 0.29) is 24.2 Å². The molecule has 0 aliphatic carbocycles. The molecule has 2 heterocycles. The number of nitrogens with one attached hydrogen (secondary N) is 2. The van der Waals surface area contributed by atoms with Crippen LogP contribution in [-0.2, 0) is 11.2 Å². The van der Waals surface area contributed by atoms with Crippen LogP contribution in [0.2, 0.25) is 0 Å². The highest BCUT2D eigenvalue weighted by Crippen LogP contribution is 2.28. The number of anilines is 1. The molecule has 2 N–H and O–H groups in total. The van der Waals surface area contributed by atoms with Crippen LogP contribution in [0.5, 0.6) is 11.5 Å². The maximum Gasteiger partial charge on any atom is 0.224 e. The van der Waals surface area contributed by atoms with E-state index >= 15 is 0 Å². The van der Waals surface area contributed by atoms with Gasteiger partial charge < -0.3 is 19.7 Å². The summed E-state index contributed by atoms with van der Waals surface area (Å²) in [5, 5.41) is 10.6. The second-order valence-corrected chi connectivity index (χ2v) is 7.87. The fourth-order valence-electron chi connectivity index (χ4n) is 4.01. The Hall–Kier alpha value is -3.55. The molecule has 3 aromatic rings. The monoisotopic (exact) mass is 438 g/mol. The van der Waals surface area contributed by atoms with Crippen LogP contribution in [0.25, 0.3) is 11.3 Å². The summed E-state index contributed by atoms with van der Waals surface area (Å²) in [6.45, 7) is 1.56. The molecule has 0 radical (unpaired) electrons. The second-order valence-electron chi connectivity index (χ2n) is 7.87. The van der Waals surface area contributed by atoms with Gasteiger partial charge in [0.1, 0.15) is 5.82 Å². The van der Waals surface area contributed by atoms with Crippen molar-refractivity contribution in [1.82, 2.24) is 15.5 Å². The molecule has 1 atom stereocenters. The Bertz CT molecular complexity index is 1070. The van der Waals surface area contributed by atoms with Crippen molar-refractivity contribution >= 4 is 11.7 Å². The van der Waals surface area contributed by atoms with Crippen molar-refractivity contribution in [2.24, 2.45) is 0 Å². The molecule has 0 saturated carbocycles. The third kappa shape index (κ3) is 5.01. The number of aromatic nitrogens is 2. The number of rotatable bonds is 7. The van der Waals surface area contributed by atoms with Crippen molar-refractivity contribution in [3.63, 3.8) is 0 Å². The zero-order chi connectivity index (χ0) is 22.5. The fraction of sp³-hybridized carbons (Fsp3) is 0.333. The highest BCUT2D eigenvalue weighted by atomic mass is 19.1. The quantitative estimate of drug-likeness (QED) is 0.590. The van der Waals surface area contributed by atoms with E-state index in [4.69, 9.17) is 9.47 Å². The third-order valence-electron chi connectivity index (χ3n) is 5.64. The third-order valence-corrected chi connectivity index (χ3v) is 5.64. The Balaban J connectivity index is 1.36. The summed E-state index contributed by atoms with van der Waals surface area (Å²) in [6.07, 6.45) is 2.15. The second kappa shape index (κ2) is 9.72. The van der Waals surface area contributed by atoms with Gasteiger partial charge in [0, 0.05) is 25.2 Å². The van der Waals surface area contributed by atoms with Crippen LogP contribution >= 0.6 is 0 Å². The number of hydrogen-bond acceptors (Lipinski definition) is 5. The summed E-state index contributed by atoms with van der Waals surface area (Å²) in [5.74, 6) is 1.77. The molecule has 168 valence electrons. The topological polar surface area (TPSA) is 79.5 Å². The summed E-state index contributed by atoms with van der Waals surface area (Å²) in [5.41, 5.74) is 2.57. The first-order valence-corrected chi connectivity index (χ1v) is 10.6. The SMILES string of the molecule is COc1ccc(CC(=O)N[C@@H]2CCCN(c3cc(-c4ccc(F)cc4)[nH]n3)C2)cc1OC. The summed E-state index contributed by atoms with van der Waals surface area (Å²) < 4.78 is 23.7. The summed E-state index contributed by atoms with van der Waals surface area (Å²) in [4.78, 5) is 14.8. The number of carbonyl (C=O) groups is 1. The zero-order valence-corrected chi connectivity index (χ0v) is 18.2. The van der Waals surface area contributed by atoms with Gasteiger partial charge in [0.2, 0.25) is 5.91 Å². The van der Waals surface area contributed by atoms with E-state index in [1.54, 1.807) is 32.4 Å². The van der Waals surface area contributed by atoms with Crippen molar-refractivity contribution in [2.75, 3.05) is 32.2 Å². The lowest BCUT2D eigenvalue weighted by atomic mass is 10.0. The van der Waals surface area contributed by atoms with Crippen molar-refractivity contribution in [3.8, 4) is 22.8 Å². The number of ether oxygens (including phenoxy) is 2. The standard InChI is InChI=1S/C24H27FN4O3/c1-31-21-10-5-16(12-22(21)32-2)13-24(30)26-19-4-3-11-29(15-19)23-14-20(27-28-23)17-6-8-18(25)9-7-17/h5-10,12,14,19H,3-4,11,13,15H2,1-2H3,(H,26,30)(H,27,28)/t19-/m1/s1. The Morgan fingerprint density at radius 1 is 1.16 bits per heavy atom. The highest BCUT2D eigenvalue weighted by molar-refractivity contribution is 5.79. The molecule has 32 heavy (non-hydrogen) atoms. The average Bonchev–Trinajstić information content (AvgIpc) is 3.30. The number of H-pyrrole nitrogens is 1. The van der Waals surface area contributed by atoms with Gasteiger partial charge in [0.05, 0.1) is 26.3 Å². The number of benzene rings is 2. The van der Waals surface area contributed by atoms with Crippen LogP contribution in [0.15, 0.2) is 48.5 Å². The molecule has 2 aromatic carbocycles. The van der Waals surface area contributed by atoms with E-state index in [1.165, 1.54) is 12.1 Å². The highest BCUT2D eigenvalue weighted by Gasteiger charge is 2.23. The van der Waals surface area contributed by atoms with E-state index in [9.17, 15) is 9.18 Å². The maximum absolute atomic E-state index is 13.2. The number of piperidine rings is 1. The maximum atomic E-state index is 13.2. The number of amides is 1. The smallest absolute Gasteiger partial charge is 0.224 e. The number of hydrogen-bond donors (Lipinski definition) is 2. The predicted molar refractivity (Wildman–Crippen MR) is 121 cm³/mol. The first-order chi connectivity index (χ1) is 15.6.